The monoisotopic (exact) mass is 601 g/mol. The zero-order chi connectivity index (χ0) is 29.6. The van der Waals surface area contributed by atoms with Gasteiger partial charge in [-0.3, -0.25) is 4.90 Å². The Bertz CT molecular complexity index is 1640. The number of aromatic nitrogens is 2. The van der Waals surface area contributed by atoms with Gasteiger partial charge in [0.05, 0.1) is 42.9 Å². The van der Waals surface area contributed by atoms with Crippen LogP contribution < -0.4 is 9.47 Å². The Labute approximate surface area is 256 Å². The van der Waals surface area contributed by atoms with Gasteiger partial charge in [0.1, 0.15) is 12.4 Å². The second-order valence-electron chi connectivity index (χ2n) is 12.0. The van der Waals surface area contributed by atoms with Crippen molar-refractivity contribution in [3.8, 4) is 11.5 Å². The lowest BCUT2D eigenvalue weighted by Gasteiger charge is -2.38. The normalized spacial score (nSPS) is 22.3. The van der Waals surface area contributed by atoms with Gasteiger partial charge in [0.25, 0.3) is 0 Å². The first-order valence-corrected chi connectivity index (χ1v) is 15.4. The van der Waals surface area contributed by atoms with E-state index in [0.29, 0.717) is 23.1 Å². The molecule has 43 heavy (non-hydrogen) atoms. The highest BCUT2D eigenvalue weighted by atomic mass is 35.5. The zero-order valence-electron chi connectivity index (χ0n) is 24.6. The Morgan fingerprint density at radius 3 is 2.60 bits per heavy atom. The molecule has 0 radical (unpaired) electrons. The van der Waals surface area contributed by atoms with Crippen molar-refractivity contribution in [1.82, 2.24) is 14.5 Å². The van der Waals surface area contributed by atoms with Crippen molar-refractivity contribution in [1.29, 1.82) is 0 Å². The van der Waals surface area contributed by atoms with Crippen LogP contribution >= 0.6 is 11.6 Å². The van der Waals surface area contributed by atoms with E-state index in [1.807, 2.05) is 42.5 Å². The lowest BCUT2D eigenvalue weighted by atomic mass is 9.88. The summed E-state index contributed by atoms with van der Waals surface area (Å²) in [4.78, 5) is 19.7. The minimum atomic E-state index is -0.576. The quantitative estimate of drug-likeness (QED) is 0.229. The molecule has 2 atom stereocenters. The average molecular weight is 602 g/mol. The number of halogens is 1. The molecule has 224 valence electrons. The number of esters is 1. The number of hydrogen-bond donors (Lipinski definition) is 0. The highest BCUT2D eigenvalue weighted by Gasteiger charge is 2.37. The van der Waals surface area contributed by atoms with E-state index >= 15 is 0 Å². The Morgan fingerprint density at radius 1 is 1.09 bits per heavy atom. The number of piperidine rings is 1. The largest absolute Gasteiger partial charge is 0.485 e. The molecule has 1 unspecified atom stereocenters. The van der Waals surface area contributed by atoms with Gasteiger partial charge in [0.15, 0.2) is 17.1 Å². The van der Waals surface area contributed by atoms with E-state index in [4.69, 9.17) is 35.5 Å². The molecule has 0 saturated carbocycles. The SMILES string of the molecule is COC(=O)c1ccc2nc(CN3CCC(c4cccc5c4OCC(C)(c4ccc(Cl)cc4)O5)CC3)n(C[C@@H]3CCO3)c2c1. The smallest absolute Gasteiger partial charge is 0.337 e. The topological polar surface area (TPSA) is 75.0 Å². The maximum absolute atomic E-state index is 12.2. The number of rotatable bonds is 7. The van der Waals surface area contributed by atoms with E-state index in [1.165, 1.54) is 12.7 Å². The minimum Gasteiger partial charge on any atom is -0.485 e. The summed E-state index contributed by atoms with van der Waals surface area (Å²) in [7, 11) is 1.41. The maximum atomic E-state index is 12.2. The summed E-state index contributed by atoms with van der Waals surface area (Å²) in [5, 5.41) is 0.704. The van der Waals surface area contributed by atoms with Gasteiger partial charge in [-0.05, 0) is 87.2 Å². The van der Waals surface area contributed by atoms with Crippen LogP contribution in [0.3, 0.4) is 0 Å². The third kappa shape index (κ3) is 5.48. The highest BCUT2D eigenvalue weighted by molar-refractivity contribution is 6.30. The predicted octanol–water partition coefficient (Wildman–Crippen LogP) is 6.33. The molecular formula is C34H36ClN3O5. The Kier molecular flexibility index (Phi) is 7.53. The average Bonchev–Trinajstić information content (AvgIpc) is 3.34. The van der Waals surface area contributed by atoms with E-state index < -0.39 is 5.60 Å². The first-order valence-electron chi connectivity index (χ1n) is 15.0. The van der Waals surface area contributed by atoms with Crippen molar-refractivity contribution in [2.75, 3.05) is 33.4 Å². The fraction of sp³-hybridized carbons (Fsp3) is 0.412. The molecule has 0 N–H and O–H groups in total. The van der Waals surface area contributed by atoms with Gasteiger partial charge < -0.3 is 23.5 Å². The number of para-hydroxylation sites is 1. The summed E-state index contributed by atoms with van der Waals surface area (Å²) in [6, 6.07) is 19.6. The first kappa shape index (κ1) is 28.2. The van der Waals surface area contributed by atoms with Crippen LogP contribution in [0, 0.1) is 0 Å². The lowest BCUT2D eigenvalue weighted by molar-refractivity contribution is -0.0592. The molecule has 4 aromatic rings. The molecule has 3 aromatic carbocycles. The fourth-order valence-electron chi connectivity index (χ4n) is 6.49. The van der Waals surface area contributed by atoms with E-state index in [0.717, 1.165) is 86.0 Å². The van der Waals surface area contributed by atoms with Crippen molar-refractivity contribution in [2.24, 2.45) is 0 Å². The summed E-state index contributed by atoms with van der Waals surface area (Å²) < 4.78 is 26.0. The molecule has 8 nitrogen and oxygen atoms in total. The van der Waals surface area contributed by atoms with Crippen LogP contribution in [-0.4, -0.2) is 59.9 Å². The second kappa shape index (κ2) is 11.5. The van der Waals surface area contributed by atoms with Gasteiger partial charge in [-0.25, -0.2) is 9.78 Å². The number of imidazole rings is 1. The number of methoxy groups -OCH3 is 1. The van der Waals surface area contributed by atoms with Crippen LogP contribution in [0.5, 0.6) is 11.5 Å². The summed E-state index contributed by atoms with van der Waals surface area (Å²) in [6.45, 7) is 6.68. The van der Waals surface area contributed by atoms with Gasteiger partial charge in [0, 0.05) is 17.2 Å². The standard InChI is InChI=1S/C34H36ClN3O5/c1-34(24-7-9-25(35)10-8-24)21-42-32-27(4-3-5-30(32)43-34)22-12-15-37(16-13-22)20-31-36-28-11-6-23(33(39)40-2)18-29(28)38(31)19-26-14-17-41-26/h3-11,18,22,26H,12-17,19-21H2,1-2H3/t26-,34?/m0/s1. The Hall–Kier alpha value is -3.59. The van der Waals surface area contributed by atoms with E-state index in [-0.39, 0.29) is 12.1 Å². The number of hydrogen-bond acceptors (Lipinski definition) is 7. The maximum Gasteiger partial charge on any atom is 0.337 e. The number of fused-ring (bicyclic) bond motifs is 2. The summed E-state index contributed by atoms with van der Waals surface area (Å²) in [5.41, 5.74) is 4.05. The molecule has 7 rings (SSSR count). The first-order chi connectivity index (χ1) is 20.9. The molecule has 3 aliphatic rings. The van der Waals surface area contributed by atoms with Gasteiger partial charge in [-0.15, -0.1) is 0 Å². The van der Waals surface area contributed by atoms with Crippen LogP contribution in [0.2, 0.25) is 5.02 Å². The Balaban J connectivity index is 1.06. The van der Waals surface area contributed by atoms with Gasteiger partial charge in [-0.1, -0.05) is 35.9 Å². The van der Waals surface area contributed by atoms with Crippen molar-refractivity contribution in [2.45, 2.75) is 56.9 Å². The molecule has 0 aliphatic carbocycles. The summed E-state index contributed by atoms with van der Waals surface area (Å²) in [5.74, 6) is 2.71. The van der Waals surface area contributed by atoms with Crippen LogP contribution in [0.25, 0.3) is 11.0 Å². The van der Waals surface area contributed by atoms with Crippen LogP contribution in [0.1, 0.15) is 59.4 Å². The highest BCUT2D eigenvalue weighted by Crippen LogP contribution is 2.46. The fourth-order valence-corrected chi connectivity index (χ4v) is 6.62. The van der Waals surface area contributed by atoms with Crippen LogP contribution in [-0.2, 0) is 28.2 Å². The van der Waals surface area contributed by atoms with E-state index in [9.17, 15) is 4.79 Å². The third-order valence-corrected chi connectivity index (χ3v) is 9.36. The van der Waals surface area contributed by atoms with Gasteiger partial charge in [-0.2, -0.15) is 0 Å². The summed E-state index contributed by atoms with van der Waals surface area (Å²) in [6.07, 6.45) is 3.25. The number of benzene rings is 3. The van der Waals surface area contributed by atoms with Gasteiger partial charge in [0.2, 0.25) is 0 Å². The number of nitrogens with zero attached hydrogens (tertiary/aromatic N) is 3. The molecule has 4 heterocycles. The number of likely N-dealkylation sites (tertiary alicyclic amines) is 1. The van der Waals surface area contributed by atoms with Crippen molar-refractivity contribution < 1.29 is 23.7 Å². The van der Waals surface area contributed by atoms with Crippen molar-refractivity contribution in [3.63, 3.8) is 0 Å². The minimum absolute atomic E-state index is 0.177. The molecule has 3 aliphatic heterocycles. The zero-order valence-corrected chi connectivity index (χ0v) is 25.3. The van der Waals surface area contributed by atoms with Gasteiger partial charge >= 0.3 is 5.97 Å². The van der Waals surface area contributed by atoms with Crippen molar-refractivity contribution in [3.05, 3.63) is 88.2 Å². The molecule has 2 fully saturated rings. The molecule has 0 spiro atoms. The lowest BCUT2D eigenvalue weighted by Crippen LogP contribution is -2.40. The molecule has 0 bridgehead atoms. The molecule has 0 amide bonds. The summed E-state index contributed by atoms with van der Waals surface area (Å²) >= 11 is 6.11. The molecule has 1 aromatic heterocycles. The van der Waals surface area contributed by atoms with Crippen LogP contribution in [0.15, 0.2) is 60.7 Å². The second-order valence-corrected chi connectivity index (χ2v) is 12.4. The Morgan fingerprint density at radius 2 is 1.88 bits per heavy atom. The van der Waals surface area contributed by atoms with Crippen molar-refractivity contribution >= 4 is 28.6 Å². The predicted molar refractivity (Wildman–Crippen MR) is 164 cm³/mol. The van der Waals surface area contributed by atoms with E-state index in [2.05, 4.69) is 28.5 Å². The molecule has 9 heteroatoms. The number of ether oxygens (including phenoxy) is 4. The number of carbonyl (C=O) groups is 1. The third-order valence-electron chi connectivity index (χ3n) is 9.11. The van der Waals surface area contributed by atoms with E-state index in [1.54, 1.807) is 6.07 Å². The molecule has 2 saturated heterocycles. The molecular weight excluding hydrogens is 566 g/mol. The number of carbonyl (C=O) groups excluding carboxylic acids is 1. The van der Waals surface area contributed by atoms with Crippen LogP contribution in [0.4, 0.5) is 0 Å².